The Morgan fingerprint density at radius 2 is 2.27 bits per heavy atom. The van der Waals surface area contributed by atoms with E-state index < -0.39 is 0 Å². The van der Waals surface area contributed by atoms with Crippen molar-refractivity contribution in [2.45, 2.75) is 6.42 Å². The summed E-state index contributed by atoms with van der Waals surface area (Å²) in [7, 11) is 1.76. The Kier molecular flexibility index (Phi) is 4.99. The average Bonchev–Trinajstić information content (AvgIpc) is 1.93. The third-order valence-electron chi connectivity index (χ3n) is 1.97. The Morgan fingerprint density at radius 3 is 2.82 bits per heavy atom. The Morgan fingerprint density at radius 1 is 1.45 bits per heavy atom. The van der Waals surface area contributed by atoms with Crippen LogP contribution in [0.2, 0.25) is 0 Å². The van der Waals surface area contributed by atoms with Gasteiger partial charge in [-0.2, -0.15) is 11.8 Å². The molecule has 0 radical (unpaired) electrons. The first kappa shape index (κ1) is 9.36. The van der Waals surface area contributed by atoms with Crippen molar-refractivity contribution in [2.75, 3.05) is 38.3 Å². The zero-order valence-electron chi connectivity index (χ0n) is 7.14. The van der Waals surface area contributed by atoms with Gasteiger partial charge in [-0.1, -0.05) is 0 Å². The molecule has 0 spiro atoms. The molecule has 66 valence electrons. The van der Waals surface area contributed by atoms with Crippen LogP contribution >= 0.6 is 11.8 Å². The molecular formula is C8H17NOS. The fourth-order valence-corrected chi connectivity index (χ4v) is 2.04. The van der Waals surface area contributed by atoms with Crippen LogP contribution in [0.5, 0.6) is 0 Å². The molecule has 0 aromatic carbocycles. The van der Waals surface area contributed by atoms with E-state index in [1.165, 1.54) is 25.3 Å². The molecule has 1 heterocycles. The number of hydrogen-bond donors (Lipinski definition) is 1. The highest BCUT2D eigenvalue weighted by molar-refractivity contribution is 7.99. The monoisotopic (exact) mass is 175 g/mol. The van der Waals surface area contributed by atoms with Crippen molar-refractivity contribution in [3.8, 4) is 0 Å². The largest absolute Gasteiger partial charge is 0.384 e. The second-order valence-corrected chi connectivity index (χ2v) is 4.14. The molecule has 0 aromatic rings. The molecule has 1 aliphatic rings. The molecule has 0 atom stereocenters. The fraction of sp³-hybridized carbons (Fsp3) is 1.00. The lowest BCUT2D eigenvalue weighted by Gasteiger charge is -2.26. The van der Waals surface area contributed by atoms with Gasteiger partial charge < -0.3 is 10.1 Å². The Bertz CT molecular complexity index is 96.1. The minimum absolute atomic E-state index is 0.896. The van der Waals surface area contributed by atoms with Crippen LogP contribution in [0.25, 0.3) is 0 Å². The molecular weight excluding hydrogens is 158 g/mol. The van der Waals surface area contributed by atoms with Crippen LogP contribution in [0.1, 0.15) is 6.42 Å². The highest BCUT2D eigenvalue weighted by Crippen LogP contribution is 2.12. The normalized spacial score (nSPS) is 18.3. The Hall–Kier alpha value is 0.270. The number of methoxy groups -OCH3 is 1. The van der Waals surface area contributed by atoms with Crippen LogP contribution in [0.3, 0.4) is 0 Å². The SMILES string of the molecule is COCCSCCC1CNC1. The van der Waals surface area contributed by atoms with Gasteiger partial charge >= 0.3 is 0 Å². The lowest BCUT2D eigenvalue weighted by Crippen LogP contribution is -2.42. The van der Waals surface area contributed by atoms with Gasteiger partial charge in [0.1, 0.15) is 0 Å². The maximum absolute atomic E-state index is 4.96. The van der Waals surface area contributed by atoms with E-state index in [1.54, 1.807) is 7.11 Å². The molecule has 0 amide bonds. The van der Waals surface area contributed by atoms with E-state index >= 15 is 0 Å². The summed E-state index contributed by atoms with van der Waals surface area (Å²) in [6.07, 6.45) is 1.38. The molecule has 3 heteroatoms. The first-order chi connectivity index (χ1) is 5.43. The third-order valence-corrected chi connectivity index (χ3v) is 2.95. The highest BCUT2D eigenvalue weighted by atomic mass is 32.2. The fourth-order valence-electron chi connectivity index (χ4n) is 1.05. The molecule has 0 unspecified atom stereocenters. The van der Waals surface area contributed by atoms with Gasteiger partial charge in [0.2, 0.25) is 0 Å². The first-order valence-corrected chi connectivity index (χ1v) is 5.36. The molecule has 2 nitrogen and oxygen atoms in total. The lowest BCUT2D eigenvalue weighted by molar-refractivity contribution is 0.218. The number of ether oxygens (including phenoxy) is 1. The third kappa shape index (κ3) is 3.99. The standard InChI is InChI=1S/C8H17NOS/c1-10-3-5-11-4-2-8-6-9-7-8/h8-9H,2-7H2,1H3. The summed E-state index contributed by atoms with van der Waals surface area (Å²) < 4.78 is 4.96. The van der Waals surface area contributed by atoms with Gasteiger partial charge in [-0.3, -0.25) is 0 Å². The maximum Gasteiger partial charge on any atom is 0.0552 e. The smallest absolute Gasteiger partial charge is 0.0552 e. The van der Waals surface area contributed by atoms with E-state index in [0.717, 1.165) is 18.3 Å². The van der Waals surface area contributed by atoms with Gasteiger partial charge in [-0.25, -0.2) is 0 Å². The predicted molar refractivity (Wildman–Crippen MR) is 50.2 cm³/mol. The summed E-state index contributed by atoms with van der Waals surface area (Å²) in [5.74, 6) is 3.41. The predicted octanol–water partition coefficient (Wildman–Crippen LogP) is 0.976. The molecule has 1 aliphatic heterocycles. The van der Waals surface area contributed by atoms with E-state index in [2.05, 4.69) is 5.32 Å². The molecule has 0 saturated carbocycles. The van der Waals surface area contributed by atoms with Gasteiger partial charge in [0, 0.05) is 12.9 Å². The molecule has 1 saturated heterocycles. The molecule has 0 aromatic heterocycles. The molecule has 11 heavy (non-hydrogen) atoms. The number of rotatable bonds is 6. The molecule has 0 aliphatic carbocycles. The van der Waals surface area contributed by atoms with E-state index in [-0.39, 0.29) is 0 Å². The average molecular weight is 175 g/mol. The maximum atomic E-state index is 4.96. The van der Waals surface area contributed by atoms with Crippen molar-refractivity contribution in [3.05, 3.63) is 0 Å². The van der Waals surface area contributed by atoms with Crippen LogP contribution in [-0.2, 0) is 4.74 Å². The topological polar surface area (TPSA) is 21.3 Å². The first-order valence-electron chi connectivity index (χ1n) is 4.21. The molecule has 1 fully saturated rings. The number of thioether (sulfide) groups is 1. The minimum Gasteiger partial charge on any atom is -0.384 e. The van der Waals surface area contributed by atoms with Crippen molar-refractivity contribution < 1.29 is 4.74 Å². The van der Waals surface area contributed by atoms with E-state index in [0.29, 0.717) is 0 Å². The van der Waals surface area contributed by atoms with Gasteiger partial charge in [-0.15, -0.1) is 0 Å². The van der Waals surface area contributed by atoms with Crippen LogP contribution < -0.4 is 5.32 Å². The number of hydrogen-bond acceptors (Lipinski definition) is 3. The summed E-state index contributed by atoms with van der Waals surface area (Å²) in [5.41, 5.74) is 0. The second kappa shape index (κ2) is 5.86. The van der Waals surface area contributed by atoms with Crippen molar-refractivity contribution in [2.24, 2.45) is 5.92 Å². The minimum atomic E-state index is 0.896. The second-order valence-electron chi connectivity index (χ2n) is 2.92. The summed E-state index contributed by atoms with van der Waals surface area (Å²) in [4.78, 5) is 0. The highest BCUT2D eigenvalue weighted by Gasteiger charge is 2.15. The van der Waals surface area contributed by atoms with Gasteiger partial charge in [0.25, 0.3) is 0 Å². The molecule has 1 N–H and O–H groups in total. The molecule has 1 rings (SSSR count). The Balaban J connectivity index is 1.73. The zero-order chi connectivity index (χ0) is 7.94. The number of nitrogens with one attached hydrogen (secondary N) is 1. The zero-order valence-corrected chi connectivity index (χ0v) is 7.95. The van der Waals surface area contributed by atoms with Crippen molar-refractivity contribution >= 4 is 11.8 Å². The Labute approximate surface area is 73.1 Å². The summed E-state index contributed by atoms with van der Waals surface area (Å²) in [6, 6.07) is 0. The van der Waals surface area contributed by atoms with Crippen molar-refractivity contribution in [3.63, 3.8) is 0 Å². The van der Waals surface area contributed by atoms with Crippen LogP contribution in [0.4, 0.5) is 0 Å². The summed E-state index contributed by atoms with van der Waals surface area (Å²) in [6.45, 7) is 3.38. The molecule has 0 bridgehead atoms. The van der Waals surface area contributed by atoms with Crippen LogP contribution in [0.15, 0.2) is 0 Å². The summed E-state index contributed by atoms with van der Waals surface area (Å²) >= 11 is 2.00. The van der Waals surface area contributed by atoms with Crippen LogP contribution in [-0.4, -0.2) is 38.3 Å². The van der Waals surface area contributed by atoms with Crippen molar-refractivity contribution in [1.82, 2.24) is 5.32 Å². The van der Waals surface area contributed by atoms with E-state index in [9.17, 15) is 0 Å². The summed E-state index contributed by atoms with van der Waals surface area (Å²) in [5, 5.41) is 3.28. The van der Waals surface area contributed by atoms with Crippen molar-refractivity contribution in [1.29, 1.82) is 0 Å². The van der Waals surface area contributed by atoms with Gasteiger partial charge in [-0.05, 0) is 31.2 Å². The van der Waals surface area contributed by atoms with E-state index in [1.807, 2.05) is 11.8 Å². The van der Waals surface area contributed by atoms with E-state index in [4.69, 9.17) is 4.74 Å². The van der Waals surface area contributed by atoms with Crippen LogP contribution in [0, 0.1) is 5.92 Å². The quantitative estimate of drug-likeness (QED) is 0.608. The van der Waals surface area contributed by atoms with Gasteiger partial charge in [0.05, 0.1) is 6.61 Å². The van der Waals surface area contributed by atoms with Gasteiger partial charge in [0.15, 0.2) is 0 Å². The lowest BCUT2D eigenvalue weighted by atomic mass is 10.0.